The Hall–Kier alpha value is -2.71. The smallest absolute Gasteiger partial charge is 0.416 e. The van der Waals surface area contributed by atoms with Gasteiger partial charge in [-0.1, -0.05) is 18.2 Å². The topological polar surface area (TPSA) is 66.3 Å². The van der Waals surface area contributed by atoms with Gasteiger partial charge in [0.1, 0.15) is 0 Å². The van der Waals surface area contributed by atoms with E-state index in [1.807, 2.05) is 0 Å². The molecular formula is C19H17F4N3O2. The molecule has 2 heterocycles. The zero-order valence-corrected chi connectivity index (χ0v) is 14.7. The van der Waals surface area contributed by atoms with E-state index in [9.17, 15) is 22.4 Å². The summed E-state index contributed by atoms with van der Waals surface area (Å²) in [6, 6.07) is 5.70. The van der Waals surface area contributed by atoms with Crippen LogP contribution in [0.15, 0.2) is 30.5 Å². The molecule has 1 N–H and O–H groups in total. The highest BCUT2D eigenvalue weighted by Crippen LogP contribution is 2.49. The van der Waals surface area contributed by atoms with Crippen LogP contribution in [-0.2, 0) is 6.18 Å². The molecule has 1 aromatic carbocycles. The predicted octanol–water partition coefficient (Wildman–Crippen LogP) is 3.96. The second kappa shape index (κ2) is 6.72. The Labute approximate surface area is 158 Å². The normalized spacial score (nSPS) is 24.4. The van der Waals surface area contributed by atoms with Crippen LogP contribution in [0.2, 0.25) is 0 Å². The molecule has 5 nitrogen and oxygen atoms in total. The summed E-state index contributed by atoms with van der Waals surface area (Å²) in [6.45, 7) is 1.03. The van der Waals surface area contributed by atoms with Gasteiger partial charge in [0.25, 0.3) is 0 Å². The average Bonchev–Trinajstić information content (AvgIpc) is 3.20. The van der Waals surface area contributed by atoms with Crippen LogP contribution in [0.5, 0.6) is 0 Å². The van der Waals surface area contributed by atoms with Gasteiger partial charge in [0.15, 0.2) is 11.5 Å². The standard InChI is InChI=1S/C19H17F4N3O2/c20-15-7-24-18(25-16(15)17(27)28)26-8-11-5-10(6-12(11)9-26)13-3-1-2-4-14(13)19(21,22)23/h1-4,7,10-12H,5-6,8-9H2,(H,27,28)/t10-,11+,12-. The van der Waals surface area contributed by atoms with Crippen molar-refractivity contribution in [2.75, 3.05) is 18.0 Å². The third-order valence-electron chi connectivity index (χ3n) is 5.67. The van der Waals surface area contributed by atoms with Gasteiger partial charge in [0.2, 0.25) is 5.95 Å². The maximum Gasteiger partial charge on any atom is 0.416 e. The fourth-order valence-corrected chi connectivity index (χ4v) is 4.49. The predicted molar refractivity (Wildman–Crippen MR) is 91.6 cm³/mol. The maximum absolute atomic E-state index is 13.5. The summed E-state index contributed by atoms with van der Waals surface area (Å²) in [7, 11) is 0. The number of hydrogen-bond acceptors (Lipinski definition) is 4. The van der Waals surface area contributed by atoms with Crippen molar-refractivity contribution in [3.05, 3.63) is 53.1 Å². The monoisotopic (exact) mass is 395 g/mol. The van der Waals surface area contributed by atoms with E-state index in [-0.39, 0.29) is 23.7 Å². The van der Waals surface area contributed by atoms with Crippen molar-refractivity contribution in [2.24, 2.45) is 11.8 Å². The Bertz CT molecular complexity index is 904. The molecule has 1 aromatic heterocycles. The van der Waals surface area contributed by atoms with E-state index in [0.717, 1.165) is 12.3 Å². The van der Waals surface area contributed by atoms with Crippen LogP contribution in [0.3, 0.4) is 0 Å². The van der Waals surface area contributed by atoms with E-state index in [0.29, 0.717) is 31.5 Å². The number of alkyl halides is 3. The van der Waals surface area contributed by atoms with Crippen LogP contribution in [0.4, 0.5) is 23.5 Å². The van der Waals surface area contributed by atoms with Gasteiger partial charge in [-0.3, -0.25) is 0 Å². The van der Waals surface area contributed by atoms with E-state index in [2.05, 4.69) is 9.97 Å². The number of fused-ring (bicyclic) bond motifs is 1. The lowest BCUT2D eigenvalue weighted by atomic mass is 9.91. The van der Waals surface area contributed by atoms with Gasteiger partial charge in [0.05, 0.1) is 11.8 Å². The molecule has 2 aromatic rings. The summed E-state index contributed by atoms with van der Waals surface area (Å²) < 4.78 is 53.4. The van der Waals surface area contributed by atoms with Crippen LogP contribution in [0.25, 0.3) is 0 Å². The third kappa shape index (κ3) is 3.29. The van der Waals surface area contributed by atoms with Crippen molar-refractivity contribution in [1.29, 1.82) is 0 Å². The zero-order chi connectivity index (χ0) is 20.1. The molecule has 1 saturated heterocycles. The van der Waals surface area contributed by atoms with Crippen LogP contribution in [0, 0.1) is 17.7 Å². The number of halogens is 4. The van der Waals surface area contributed by atoms with Crippen molar-refractivity contribution in [1.82, 2.24) is 9.97 Å². The van der Waals surface area contributed by atoms with Crippen LogP contribution in [-0.4, -0.2) is 34.1 Å². The summed E-state index contributed by atoms with van der Waals surface area (Å²) in [5, 5.41) is 9.01. The lowest BCUT2D eigenvalue weighted by molar-refractivity contribution is -0.138. The highest BCUT2D eigenvalue weighted by Gasteiger charge is 2.44. The molecule has 0 bridgehead atoms. The number of rotatable bonds is 3. The molecule has 2 fully saturated rings. The molecular weight excluding hydrogens is 378 g/mol. The molecule has 4 rings (SSSR count). The Morgan fingerprint density at radius 2 is 1.79 bits per heavy atom. The first-order chi connectivity index (χ1) is 13.2. The van der Waals surface area contributed by atoms with E-state index in [1.54, 1.807) is 17.0 Å². The summed E-state index contributed by atoms with van der Waals surface area (Å²) >= 11 is 0. The summed E-state index contributed by atoms with van der Waals surface area (Å²) in [6.07, 6.45) is -2.32. The molecule has 28 heavy (non-hydrogen) atoms. The SMILES string of the molecule is O=C(O)c1nc(N2C[C@H]3C[C@H](c4ccccc4C(F)(F)F)C[C@H]3C2)ncc1F. The number of carbonyl (C=O) groups is 1. The summed E-state index contributed by atoms with van der Waals surface area (Å²) in [5.74, 6) is -2.18. The van der Waals surface area contributed by atoms with Gasteiger partial charge in [-0.25, -0.2) is 19.2 Å². The minimum atomic E-state index is -4.38. The third-order valence-corrected chi connectivity index (χ3v) is 5.67. The number of nitrogens with zero attached hydrogens (tertiary/aromatic N) is 3. The first kappa shape index (κ1) is 18.6. The molecule has 0 radical (unpaired) electrons. The molecule has 0 amide bonds. The molecule has 0 unspecified atom stereocenters. The van der Waals surface area contributed by atoms with Crippen molar-refractivity contribution < 1.29 is 27.5 Å². The Morgan fingerprint density at radius 1 is 1.14 bits per heavy atom. The number of hydrogen-bond donors (Lipinski definition) is 1. The van der Waals surface area contributed by atoms with Gasteiger partial charge in [-0.05, 0) is 42.2 Å². The van der Waals surface area contributed by atoms with Crippen LogP contribution < -0.4 is 4.90 Å². The van der Waals surface area contributed by atoms with Crippen LogP contribution in [0.1, 0.15) is 40.4 Å². The highest BCUT2D eigenvalue weighted by atomic mass is 19.4. The summed E-state index contributed by atoms with van der Waals surface area (Å²) in [5.41, 5.74) is -0.925. The minimum Gasteiger partial charge on any atom is -0.476 e. The first-order valence-electron chi connectivity index (χ1n) is 8.91. The number of benzene rings is 1. The number of anilines is 1. The van der Waals surface area contributed by atoms with Gasteiger partial charge in [-0.15, -0.1) is 0 Å². The number of aromatic nitrogens is 2. The highest BCUT2D eigenvalue weighted by molar-refractivity contribution is 5.85. The quantitative estimate of drug-likeness (QED) is 0.797. The lowest BCUT2D eigenvalue weighted by Gasteiger charge is -2.21. The van der Waals surface area contributed by atoms with Gasteiger partial charge in [0, 0.05) is 13.1 Å². The Balaban J connectivity index is 1.51. The van der Waals surface area contributed by atoms with Gasteiger partial charge < -0.3 is 10.0 Å². The van der Waals surface area contributed by atoms with Gasteiger partial charge >= 0.3 is 12.1 Å². The fraction of sp³-hybridized carbons (Fsp3) is 0.421. The maximum atomic E-state index is 13.5. The lowest BCUT2D eigenvalue weighted by Crippen LogP contribution is -2.25. The van der Waals surface area contributed by atoms with Crippen molar-refractivity contribution in [3.63, 3.8) is 0 Å². The zero-order valence-electron chi connectivity index (χ0n) is 14.7. The van der Waals surface area contributed by atoms with E-state index < -0.39 is 29.2 Å². The number of carboxylic acids is 1. The molecule has 9 heteroatoms. The second-order valence-electron chi connectivity index (χ2n) is 7.35. The molecule has 1 saturated carbocycles. The van der Waals surface area contributed by atoms with Gasteiger partial charge in [-0.2, -0.15) is 13.2 Å². The molecule has 0 spiro atoms. The minimum absolute atomic E-state index is 0.139. The van der Waals surface area contributed by atoms with E-state index >= 15 is 0 Å². The molecule has 148 valence electrons. The van der Waals surface area contributed by atoms with Crippen molar-refractivity contribution in [3.8, 4) is 0 Å². The molecule has 2 aliphatic rings. The Kier molecular flexibility index (Phi) is 4.47. The fourth-order valence-electron chi connectivity index (χ4n) is 4.49. The van der Waals surface area contributed by atoms with Crippen molar-refractivity contribution in [2.45, 2.75) is 24.9 Å². The number of aromatic carboxylic acids is 1. The first-order valence-corrected chi connectivity index (χ1v) is 8.91. The second-order valence-corrected chi connectivity index (χ2v) is 7.35. The van der Waals surface area contributed by atoms with Crippen LogP contribution >= 0.6 is 0 Å². The molecule has 3 atom stereocenters. The molecule has 1 aliphatic heterocycles. The number of carboxylic acid groups (broad SMARTS) is 1. The largest absolute Gasteiger partial charge is 0.476 e. The Morgan fingerprint density at radius 3 is 2.39 bits per heavy atom. The van der Waals surface area contributed by atoms with E-state index in [4.69, 9.17) is 5.11 Å². The van der Waals surface area contributed by atoms with E-state index in [1.165, 1.54) is 6.07 Å². The van der Waals surface area contributed by atoms with Crippen molar-refractivity contribution >= 4 is 11.9 Å². The molecule has 1 aliphatic carbocycles. The summed E-state index contributed by atoms with van der Waals surface area (Å²) in [4.78, 5) is 20.5. The average molecular weight is 395 g/mol.